The summed E-state index contributed by atoms with van der Waals surface area (Å²) >= 11 is 0. The Hall–Kier alpha value is -3.02. The second-order valence-electron chi connectivity index (χ2n) is 5.67. The van der Waals surface area contributed by atoms with E-state index in [1.807, 2.05) is 26.0 Å². The summed E-state index contributed by atoms with van der Waals surface area (Å²) in [5, 5.41) is 5.81. The number of ether oxygens (including phenoxy) is 2. The van der Waals surface area contributed by atoms with Gasteiger partial charge in [-0.3, -0.25) is 4.79 Å². The lowest BCUT2D eigenvalue weighted by Gasteiger charge is -2.12. The smallest absolute Gasteiger partial charge is 0.337 e. The summed E-state index contributed by atoms with van der Waals surface area (Å²) in [6, 6.07) is 14.0. The Bertz CT molecular complexity index is 726. The normalized spacial score (nSPS) is 10.2. The van der Waals surface area contributed by atoms with Gasteiger partial charge in [0, 0.05) is 17.4 Å². The summed E-state index contributed by atoms with van der Waals surface area (Å²) in [5.41, 5.74) is 1.87. The van der Waals surface area contributed by atoms with E-state index >= 15 is 0 Å². The predicted molar refractivity (Wildman–Crippen MR) is 97.1 cm³/mol. The molecule has 6 nitrogen and oxygen atoms in total. The second-order valence-corrected chi connectivity index (χ2v) is 5.67. The van der Waals surface area contributed by atoms with Crippen LogP contribution in [0, 0.1) is 0 Å². The number of hydrogen-bond donors (Lipinski definition) is 2. The van der Waals surface area contributed by atoms with Crippen LogP contribution in [0.3, 0.4) is 0 Å². The maximum Gasteiger partial charge on any atom is 0.337 e. The van der Waals surface area contributed by atoms with E-state index < -0.39 is 5.97 Å². The van der Waals surface area contributed by atoms with Crippen LogP contribution in [0.2, 0.25) is 0 Å². The second kappa shape index (κ2) is 8.73. The van der Waals surface area contributed by atoms with Gasteiger partial charge in [-0.2, -0.15) is 0 Å². The summed E-state index contributed by atoms with van der Waals surface area (Å²) in [5.74, 6) is 0.130. The lowest BCUT2D eigenvalue weighted by Crippen LogP contribution is -2.21. The van der Waals surface area contributed by atoms with Crippen LogP contribution in [0.1, 0.15) is 24.2 Å². The van der Waals surface area contributed by atoms with Gasteiger partial charge in [0.1, 0.15) is 5.75 Å². The molecule has 0 aliphatic heterocycles. The van der Waals surface area contributed by atoms with E-state index in [2.05, 4.69) is 15.4 Å². The van der Waals surface area contributed by atoms with Gasteiger partial charge in [-0.1, -0.05) is 6.07 Å². The number of hydrogen-bond acceptors (Lipinski definition) is 5. The van der Waals surface area contributed by atoms with Gasteiger partial charge in [-0.25, -0.2) is 4.79 Å². The minimum atomic E-state index is -0.396. The molecule has 2 aromatic rings. The number of carbonyl (C=O) groups is 2. The molecule has 0 saturated carbocycles. The largest absolute Gasteiger partial charge is 0.491 e. The van der Waals surface area contributed by atoms with Crippen LogP contribution < -0.4 is 15.4 Å². The Morgan fingerprint density at radius 1 is 1.04 bits per heavy atom. The molecule has 0 aromatic heterocycles. The van der Waals surface area contributed by atoms with Gasteiger partial charge < -0.3 is 20.1 Å². The van der Waals surface area contributed by atoms with Crippen molar-refractivity contribution in [2.24, 2.45) is 0 Å². The highest BCUT2D eigenvalue weighted by molar-refractivity contribution is 5.94. The van der Waals surface area contributed by atoms with Gasteiger partial charge in [0.15, 0.2) is 0 Å². The Morgan fingerprint density at radius 3 is 2.40 bits per heavy atom. The highest BCUT2D eigenvalue weighted by atomic mass is 16.5. The molecule has 1 amide bonds. The molecule has 0 bridgehead atoms. The van der Waals surface area contributed by atoms with Gasteiger partial charge in [0.25, 0.3) is 0 Å². The van der Waals surface area contributed by atoms with E-state index in [9.17, 15) is 9.59 Å². The van der Waals surface area contributed by atoms with Crippen LogP contribution in [0.5, 0.6) is 5.75 Å². The highest BCUT2D eigenvalue weighted by Crippen LogP contribution is 2.18. The molecule has 2 aromatic carbocycles. The quantitative estimate of drug-likeness (QED) is 0.755. The maximum absolute atomic E-state index is 12.1. The minimum Gasteiger partial charge on any atom is -0.491 e. The number of benzene rings is 2. The van der Waals surface area contributed by atoms with Crippen molar-refractivity contribution in [2.45, 2.75) is 20.0 Å². The van der Waals surface area contributed by atoms with Gasteiger partial charge in [0.2, 0.25) is 5.91 Å². The summed E-state index contributed by atoms with van der Waals surface area (Å²) < 4.78 is 10.2. The number of amides is 1. The van der Waals surface area contributed by atoms with Crippen LogP contribution in [0.4, 0.5) is 11.4 Å². The summed E-state index contributed by atoms with van der Waals surface area (Å²) in [6.07, 6.45) is 0.0700. The molecule has 2 N–H and O–H groups in total. The third-order valence-electron chi connectivity index (χ3n) is 3.25. The van der Waals surface area contributed by atoms with Crippen LogP contribution >= 0.6 is 0 Å². The first kappa shape index (κ1) is 18.3. The number of rotatable bonds is 7. The predicted octanol–water partition coefficient (Wildman–Crippen LogP) is 3.31. The van der Waals surface area contributed by atoms with Crippen LogP contribution in [0.25, 0.3) is 0 Å². The third kappa shape index (κ3) is 5.84. The maximum atomic E-state index is 12.1. The highest BCUT2D eigenvalue weighted by Gasteiger charge is 2.06. The zero-order valence-electron chi connectivity index (χ0n) is 14.5. The van der Waals surface area contributed by atoms with Crippen molar-refractivity contribution in [1.29, 1.82) is 0 Å². The molecular formula is C19H22N2O4. The van der Waals surface area contributed by atoms with Crippen molar-refractivity contribution >= 4 is 23.3 Å². The molecule has 0 spiro atoms. The van der Waals surface area contributed by atoms with Crippen molar-refractivity contribution in [2.75, 3.05) is 24.3 Å². The van der Waals surface area contributed by atoms with Crippen LogP contribution in [0.15, 0.2) is 48.5 Å². The molecule has 6 heteroatoms. The number of methoxy groups -OCH3 is 1. The van der Waals surface area contributed by atoms with E-state index in [4.69, 9.17) is 4.74 Å². The van der Waals surface area contributed by atoms with Crippen molar-refractivity contribution in [3.8, 4) is 5.75 Å². The van der Waals surface area contributed by atoms with Crippen LogP contribution in [-0.2, 0) is 9.53 Å². The standard InChI is InChI=1S/C19H22N2O4/c1-13(2)25-17-6-4-5-16(11-17)21-18(22)12-20-15-9-7-14(8-10-15)19(23)24-3/h4-11,13,20H,12H2,1-3H3,(H,21,22). The summed E-state index contributed by atoms with van der Waals surface area (Å²) in [6.45, 7) is 3.99. The van der Waals surface area contributed by atoms with Gasteiger partial charge in [-0.15, -0.1) is 0 Å². The van der Waals surface area contributed by atoms with E-state index in [1.54, 1.807) is 36.4 Å². The molecule has 0 atom stereocenters. The van der Waals surface area contributed by atoms with E-state index in [-0.39, 0.29) is 18.6 Å². The molecule has 0 unspecified atom stereocenters. The van der Waals surface area contributed by atoms with Gasteiger partial charge in [-0.05, 0) is 50.2 Å². The molecule has 2 rings (SSSR count). The molecular weight excluding hydrogens is 320 g/mol. The number of nitrogens with one attached hydrogen (secondary N) is 2. The first-order valence-electron chi connectivity index (χ1n) is 7.96. The lowest BCUT2D eigenvalue weighted by atomic mass is 10.2. The Balaban J connectivity index is 1.87. The molecule has 0 fully saturated rings. The Labute approximate surface area is 147 Å². The minimum absolute atomic E-state index is 0.0700. The average Bonchev–Trinajstić information content (AvgIpc) is 2.59. The van der Waals surface area contributed by atoms with E-state index in [0.717, 1.165) is 5.69 Å². The molecule has 0 saturated heterocycles. The fraction of sp³-hybridized carbons (Fsp3) is 0.263. The zero-order chi connectivity index (χ0) is 18.2. The van der Waals surface area contributed by atoms with E-state index in [0.29, 0.717) is 17.0 Å². The van der Waals surface area contributed by atoms with Gasteiger partial charge in [0.05, 0.1) is 25.3 Å². The number of carbonyl (C=O) groups excluding carboxylic acids is 2. The molecule has 132 valence electrons. The number of anilines is 2. The molecule has 0 aliphatic carbocycles. The first-order chi connectivity index (χ1) is 12.0. The van der Waals surface area contributed by atoms with Crippen molar-refractivity contribution in [3.05, 3.63) is 54.1 Å². The van der Waals surface area contributed by atoms with Crippen LogP contribution in [-0.4, -0.2) is 31.6 Å². The Kier molecular flexibility index (Phi) is 6.39. The third-order valence-corrected chi connectivity index (χ3v) is 3.25. The average molecular weight is 342 g/mol. The van der Waals surface area contributed by atoms with Crippen molar-refractivity contribution in [1.82, 2.24) is 0 Å². The van der Waals surface area contributed by atoms with Crippen molar-refractivity contribution in [3.63, 3.8) is 0 Å². The molecule has 0 heterocycles. The first-order valence-corrected chi connectivity index (χ1v) is 7.96. The topological polar surface area (TPSA) is 76.7 Å². The fourth-order valence-electron chi connectivity index (χ4n) is 2.15. The summed E-state index contributed by atoms with van der Waals surface area (Å²) in [4.78, 5) is 23.4. The monoisotopic (exact) mass is 342 g/mol. The summed E-state index contributed by atoms with van der Waals surface area (Å²) in [7, 11) is 1.33. The molecule has 0 aliphatic rings. The zero-order valence-corrected chi connectivity index (χ0v) is 14.5. The SMILES string of the molecule is COC(=O)c1ccc(NCC(=O)Nc2cccc(OC(C)C)c2)cc1. The van der Waals surface area contributed by atoms with Gasteiger partial charge >= 0.3 is 5.97 Å². The fourth-order valence-corrected chi connectivity index (χ4v) is 2.15. The number of esters is 1. The van der Waals surface area contributed by atoms with Crippen molar-refractivity contribution < 1.29 is 19.1 Å². The lowest BCUT2D eigenvalue weighted by molar-refractivity contribution is -0.114. The molecule has 25 heavy (non-hydrogen) atoms. The molecule has 0 radical (unpaired) electrons. The Morgan fingerprint density at radius 2 is 1.76 bits per heavy atom. The van der Waals surface area contributed by atoms with E-state index in [1.165, 1.54) is 7.11 Å².